The Hall–Kier alpha value is -1.51. The lowest BCUT2D eigenvalue weighted by Crippen LogP contribution is -2.03. The molecule has 0 unspecified atom stereocenters. The highest BCUT2D eigenvalue weighted by atomic mass is 16.5. The van der Waals surface area contributed by atoms with Crippen LogP contribution in [0.25, 0.3) is 0 Å². The van der Waals surface area contributed by atoms with Crippen LogP contribution in [0.1, 0.15) is 42.1 Å². The fourth-order valence-electron chi connectivity index (χ4n) is 1.75. The van der Waals surface area contributed by atoms with Crippen molar-refractivity contribution >= 4 is 5.78 Å². The Morgan fingerprint density at radius 3 is 2.29 bits per heavy atom. The molecule has 0 bridgehead atoms. The van der Waals surface area contributed by atoms with Gasteiger partial charge in [-0.25, -0.2) is 0 Å². The van der Waals surface area contributed by atoms with Gasteiger partial charge in [-0.15, -0.1) is 0 Å². The number of carbonyl (C=O) groups is 1. The molecule has 0 aliphatic heterocycles. The van der Waals surface area contributed by atoms with Crippen LogP contribution in [0.15, 0.2) is 12.1 Å². The highest BCUT2D eigenvalue weighted by Gasteiger charge is 2.13. The van der Waals surface area contributed by atoms with Gasteiger partial charge < -0.3 is 9.47 Å². The molecule has 0 spiro atoms. The largest absolute Gasteiger partial charge is 0.493 e. The lowest BCUT2D eigenvalue weighted by Gasteiger charge is -2.12. The molecule has 0 amide bonds. The Bertz CT molecular complexity index is 397. The summed E-state index contributed by atoms with van der Waals surface area (Å²) in [5, 5.41) is 0. The summed E-state index contributed by atoms with van der Waals surface area (Å²) >= 11 is 0. The van der Waals surface area contributed by atoms with Crippen LogP contribution in [0.5, 0.6) is 11.5 Å². The Labute approximate surface area is 103 Å². The van der Waals surface area contributed by atoms with E-state index in [1.165, 1.54) is 0 Å². The van der Waals surface area contributed by atoms with Crippen molar-refractivity contribution in [2.45, 2.75) is 33.1 Å². The third kappa shape index (κ3) is 3.22. The molecule has 0 aromatic heterocycles. The van der Waals surface area contributed by atoms with Gasteiger partial charge in [0.2, 0.25) is 0 Å². The topological polar surface area (TPSA) is 35.5 Å². The van der Waals surface area contributed by atoms with Crippen molar-refractivity contribution in [2.24, 2.45) is 0 Å². The number of Topliss-reactive ketones (excluding diaryl/α,β-unsaturated/α-hetero) is 1. The summed E-state index contributed by atoms with van der Waals surface area (Å²) in [5.41, 5.74) is 1.67. The molecule has 17 heavy (non-hydrogen) atoms. The Morgan fingerprint density at radius 2 is 1.76 bits per heavy atom. The maximum Gasteiger partial charge on any atom is 0.163 e. The van der Waals surface area contributed by atoms with E-state index >= 15 is 0 Å². The first-order chi connectivity index (χ1) is 8.13. The van der Waals surface area contributed by atoms with E-state index in [1.807, 2.05) is 13.0 Å². The molecular weight excluding hydrogens is 216 g/mol. The Balaban J connectivity index is 3.03. The summed E-state index contributed by atoms with van der Waals surface area (Å²) in [7, 11) is 3.17. The average Bonchev–Trinajstić information content (AvgIpc) is 2.35. The Morgan fingerprint density at radius 1 is 1.18 bits per heavy atom. The maximum absolute atomic E-state index is 12.0. The average molecular weight is 236 g/mol. The van der Waals surface area contributed by atoms with Crippen LogP contribution in [0.2, 0.25) is 0 Å². The van der Waals surface area contributed by atoms with Gasteiger partial charge >= 0.3 is 0 Å². The van der Waals surface area contributed by atoms with E-state index in [2.05, 4.69) is 6.92 Å². The second-order valence-corrected chi connectivity index (χ2v) is 4.05. The summed E-state index contributed by atoms with van der Waals surface area (Å²) in [6, 6.07) is 3.62. The standard InChI is InChI=1S/C14H20O3/c1-5-6-7-12(15)11-9-14(17-4)13(16-3)8-10(11)2/h8-9H,5-7H2,1-4H3. The van der Waals surface area contributed by atoms with Crippen LogP contribution >= 0.6 is 0 Å². The highest BCUT2D eigenvalue weighted by Crippen LogP contribution is 2.30. The van der Waals surface area contributed by atoms with E-state index in [1.54, 1.807) is 20.3 Å². The van der Waals surface area contributed by atoms with Gasteiger partial charge in [-0.05, 0) is 31.0 Å². The maximum atomic E-state index is 12.0. The molecule has 0 heterocycles. The van der Waals surface area contributed by atoms with Crippen LogP contribution in [0.4, 0.5) is 0 Å². The van der Waals surface area contributed by atoms with Crippen molar-refractivity contribution in [3.63, 3.8) is 0 Å². The number of ether oxygens (including phenoxy) is 2. The number of ketones is 1. The van der Waals surface area contributed by atoms with Crippen molar-refractivity contribution in [3.8, 4) is 11.5 Å². The summed E-state index contributed by atoms with van der Waals surface area (Å²) in [6.07, 6.45) is 2.54. The first kappa shape index (κ1) is 13.6. The summed E-state index contributed by atoms with van der Waals surface area (Å²) in [6.45, 7) is 4.00. The van der Waals surface area contributed by atoms with Crippen LogP contribution in [-0.4, -0.2) is 20.0 Å². The predicted molar refractivity (Wildman–Crippen MR) is 68.1 cm³/mol. The molecule has 0 fully saturated rings. The fraction of sp³-hybridized carbons (Fsp3) is 0.500. The second-order valence-electron chi connectivity index (χ2n) is 4.05. The molecule has 1 rings (SSSR count). The summed E-state index contributed by atoms with van der Waals surface area (Å²) in [5.74, 6) is 1.44. The highest BCUT2D eigenvalue weighted by molar-refractivity contribution is 5.98. The van der Waals surface area contributed by atoms with Crippen molar-refractivity contribution in [3.05, 3.63) is 23.3 Å². The number of hydrogen-bond donors (Lipinski definition) is 0. The molecule has 0 aliphatic carbocycles. The molecule has 0 N–H and O–H groups in total. The third-order valence-electron chi connectivity index (χ3n) is 2.79. The van der Waals surface area contributed by atoms with E-state index < -0.39 is 0 Å². The summed E-state index contributed by atoms with van der Waals surface area (Å²) < 4.78 is 10.4. The van der Waals surface area contributed by atoms with E-state index in [0.29, 0.717) is 17.9 Å². The van der Waals surface area contributed by atoms with Gasteiger partial charge in [0.1, 0.15) is 0 Å². The van der Waals surface area contributed by atoms with Crippen LogP contribution in [0.3, 0.4) is 0 Å². The van der Waals surface area contributed by atoms with E-state index in [4.69, 9.17) is 9.47 Å². The first-order valence-electron chi connectivity index (χ1n) is 5.89. The molecular formula is C14H20O3. The second kappa shape index (κ2) is 6.28. The molecule has 0 aliphatic rings. The number of hydrogen-bond acceptors (Lipinski definition) is 3. The minimum absolute atomic E-state index is 0.172. The van der Waals surface area contributed by atoms with Gasteiger partial charge in [-0.1, -0.05) is 13.3 Å². The number of unbranched alkanes of at least 4 members (excludes halogenated alkanes) is 1. The quantitative estimate of drug-likeness (QED) is 0.710. The van der Waals surface area contributed by atoms with Gasteiger partial charge in [0.25, 0.3) is 0 Å². The summed E-state index contributed by atoms with van der Waals surface area (Å²) in [4.78, 5) is 12.0. The minimum atomic E-state index is 0.172. The zero-order chi connectivity index (χ0) is 12.8. The van der Waals surface area contributed by atoms with Crippen molar-refractivity contribution < 1.29 is 14.3 Å². The van der Waals surface area contributed by atoms with Crippen LogP contribution in [0, 0.1) is 6.92 Å². The van der Waals surface area contributed by atoms with Crippen molar-refractivity contribution in [1.82, 2.24) is 0 Å². The molecule has 0 radical (unpaired) electrons. The monoisotopic (exact) mass is 236 g/mol. The number of benzene rings is 1. The number of methoxy groups -OCH3 is 2. The lowest BCUT2D eigenvalue weighted by molar-refractivity contribution is 0.0979. The zero-order valence-electron chi connectivity index (χ0n) is 11.0. The van der Waals surface area contributed by atoms with E-state index in [-0.39, 0.29) is 5.78 Å². The molecule has 0 saturated heterocycles. The first-order valence-corrected chi connectivity index (χ1v) is 5.89. The number of aryl methyl sites for hydroxylation is 1. The Kier molecular flexibility index (Phi) is 5.01. The lowest BCUT2D eigenvalue weighted by atomic mass is 10.00. The smallest absolute Gasteiger partial charge is 0.163 e. The molecule has 1 aromatic rings. The fourth-order valence-corrected chi connectivity index (χ4v) is 1.75. The van der Waals surface area contributed by atoms with Gasteiger partial charge in [0, 0.05) is 12.0 Å². The third-order valence-corrected chi connectivity index (χ3v) is 2.79. The van der Waals surface area contributed by atoms with E-state index in [9.17, 15) is 4.79 Å². The van der Waals surface area contributed by atoms with Crippen LogP contribution < -0.4 is 9.47 Å². The van der Waals surface area contributed by atoms with E-state index in [0.717, 1.165) is 24.0 Å². The molecule has 3 nitrogen and oxygen atoms in total. The molecule has 3 heteroatoms. The number of rotatable bonds is 6. The van der Waals surface area contributed by atoms with Crippen molar-refractivity contribution in [2.75, 3.05) is 14.2 Å². The van der Waals surface area contributed by atoms with Gasteiger partial charge in [-0.2, -0.15) is 0 Å². The molecule has 1 aromatic carbocycles. The number of carbonyl (C=O) groups excluding carboxylic acids is 1. The van der Waals surface area contributed by atoms with Gasteiger partial charge in [0.05, 0.1) is 14.2 Å². The molecule has 0 atom stereocenters. The SMILES string of the molecule is CCCCC(=O)c1cc(OC)c(OC)cc1C. The molecule has 0 saturated carbocycles. The van der Waals surface area contributed by atoms with Crippen LogP contribution in [-0.2, 0) is 0 Å². The normalized spacial score (nSPS) is 10.1. The van der Waals surface area contributed by atoms with Gasteiger partial charge in [0.15, 0.2) is 17.3 Å². The predicted octanol–water partition coefficient (Wildman–Crippen LogP) is 3.39. The van der Waals surface area contributed by atoms with Crippen molar-refractivity contribution in [1.29, 1.82) is 0 Å². The van der Waals surface area contributed by atoms with Gasteiger partial charge in [-0.3, -0.25) is 4.79 Å². The minimum Gasteiger partial charge on any atom is -0.493 e. The zero-order valence-corrected chi connectivity index (χ0v) is 11.0. The molecule has 94 valence electrons.